The maximum Gasteiger partial charge on any atom is 0.414 e. The maximum atomic E-state index is 12.9. The molecule has 2 amide bonds. The molecule has 1 N–H and O–H groups in total. The van der Waals surface area contributed by atoms with Gasteiger partial charge in [0, 0.05) is 11.4 Å². The smallest absolute Gasteiger partial charge is 0.414 e. The molecule has 0 atom stereocenters. The Morgan fingerprint density at radius 2 is 1.79 bits per heavy atom. The van der Waals surface area contributed by atoms with Crippen LogP contribution in [0.5, 0.6) is 0 Å². The number of aryl methyl sites for hydroxylation is 2. The van der Waals surface area contributed by atoms with Crippen molar-refractivity contribution in [1.29, 1.82) is 0 Å². The van der Waals surface area contributed by atoms with Gasteiger partial charge in [-0.25, -0.2) is 9.48 Å². The monoisotopic (exact) mass is 391 g/mol. The average molecular weight is 391 g/mol. The summed E-state index contributed by atoms with van der Waals surface area (Å²) in [5, 5.41) is 11.1. The second kappa shape index (κ2) is 7.38. The van der Waals surface area contributed by atoms with E-state index in [2.05, 4.69) is 15.6 Å². The predicted molar refractivity (Wildman–Crippen MR) is 109 cm³/mol. The first-order valence-electron chi connectivity index (χ1n) is 9.29. The van der Waals surface area contributed by atoms with Crippen LogP contribution in [0.1, 0.15) is 27.3 Å². The Balaban J connectivity index is 1.58. The van der Waals surface area contributed by atoms with Gasteiger partial charge in [0.2, 0.25) is 0 Å². The van der Waals surface area contributed by atoms with Crippen molar-refractivity contribution >= 4 is 23.4 Å². The molecule has 1 saturated heterocycles. The molecule has 0 radical (unpaired) electrons. The Morgan fingerprint density at radius 3 is 2.48 bits per heavy atom. The highest BCUT2D eigenvalue weighted by Crippen LogP contribution is 2.26. The third-order valence-corrected chi connectivity index (χ3v) is 4.93. The number of rotatable bonds is 4. The van der Waals surface area contributed by atoms with Crippen molar-refractivity contribution in [3.63, 3.8) is 0 Å². The van der Waals surface area contributed by atoms with E-state index in [0.29, 0.717) is 30.2 Å². The van der Waals surface area contributed by atoms with Gasteiger partial charge in [0.15, 0.2) is 5.69 Å². The fraction of sp³-hybridized carbons (Fsp3) is 0.238. The molecule has 0 aliphatic carbocycles. The van der Waals surface area contributed by atoms with Gasteiger partial charge in [0.05, 0.1) is 17.9 Å². The summed E-state index contributed by atoms with van der Waals surface area (Å²) in [6.07, 6.45) is -0.386. The molecule has 29 heavy (non-hydrogen) atoms. The summed E-state index contributed by atoms with van der Waals surface area (Å²) in [6, 6.07) is 13.3. The van der Waals surface area contributed by atoms with Crippen LogP contribution in [-0.4, -0.2) is 40.1 Å². The first-order chi connectivity index (χ1) is 13.9. The minimum atomic E-state index is -0.386. The van der Waals surface area contributed by atoms with Crippen molar-refractivity contribution in [2.24, 2.45) is 0 Å². The van der Waals surface area contributed by atoms with Crippen LogP contribution in [0.2, 0.25) is 0 Å². The van der Waals surface area contributed by atoms with Gasteiger partial charge in [-0.2, -0.15) is 0 Å². The summed E-state index contributed by atoms with van der Waals surface area (Å²) in [5.41, 5.74) is 5.02. The number of nitrogens with zero attached hydrogens (tertiary/aromatic N) is 4. The molecule has 2 aromatic carbocycles. The fourth-order valence-electron chi connectivity index (χ4n) is 3.19. The number of hydrogen-bond donors (Lipinski definition) is 1. The number of hydrogen-bond acceptors (Lipinski definition) is 5. The lowest BCUT2D eigenvalue weighted by atomic mass is 10.1. The molecule has 148 valence electrons. The molecule has 4 rings (SSSR count). The second-order valence-electron chi connectivity index (χ2n) is 6.99. The third-order valence-electron chi connectivity index (χ3n) is 4.93. The number of carbonyl (C=O) groups is 2. The number of cyclic esters (lactones) is 1. The summed E-state index contributed by atoms with van der Waals surface area (Å²) in [4.78, 5) is 26.2. The summed E-state index contributed by atoms with van der Waals surface area (Å²) in [5.74, 6) is -0.356. The minimum absolute atomic E-state index is 0.246. The Labute approximate surface area is 168 Å². The Hall–Kier alpha value is -3.68. The van der Waals surface area contributed by atoms with E-state index in [1.54, 1.807) is 17.7 Å². The van der Waals surface area contributed by atoms with Crippen LogP contribution < -0.4 is 10.2 Å². The van der Waals surface area contributed by atoms with Crippen LogP contribution >= 0.6 is 0 Å². The molecule has 1 aliphatic rings. The summed E-state index contributed by atoms with van der Waals surface area (Å²) in [6.45, 7) is 6.54. The lowest BCUT2D eigenvalue weighted by molar-refractivity contribution is 0.102. The molecular weight excluding hydrogens is 370 g/mol. The van der Waals surface area contributed by atoms with Crippen LogP contribution in [0.15, 0.2) is 42.5 Å². The summed E-state index contributed by atoms with van der Waals surface area (Å²) >= 11 is 0. The lowest BCUT2D eigenvalue weighted by Crippen LogP contribution is -2.23. The van der Waals surface area contributed by atoms with Gasteiger partial charge >= 0.3 is 6.09 Å². The average Bonchev–Trinajstić information content (AvgIpc) is 3.30. The second-order valence-corrected chi connectivity index (χ2v) is 6.99. The summed E-state index contributed by atoms with van der Waals surface area (Å²) < 4.78 is 6.62. The SMILES string of the molecule is Cc1ccc(-n2nnc(C(=O)Nc3cc(N4CCOC4=O)ccc3C)c2C)cc1. The maximum absolute atomic E-state index is 12.9. The molecule has 0 bridgehead atoms. The van der Waals surface area contributed by atoms with Crippen molar-refractivity contribution in [2.75, 3.05) is 23.4 Å². The van der Waals surface area contributed by atoms with Gasteiger partial charge in [-0.05, 0) is 50.6 Å². The number of aromatic nitrogens is 3. The van der Waals surface area contributed by atoms with E-state index >= 15 is 0 Å². The zero-order valence-electron chi connectivity index (χ0n) is 16.5. The Bertz CT molecular complexity index is 1090. The molecule has 3 aromatic rings. The molecular formula is C21H21N5O3. The molecule has 1 aliphatic heterocycles. The van der Waals surface area contributed by atoms with Crippen LogP contribution in [-0.2, 0) is 4.74 Å². The molecule has 1 fully saturated rings. The van der Waals surface area contributed by atoms with Gasteiger partial charge in [-0.3, -0.25) is 9.69 Å². The van der Waals surface area contributed by atoms with Crippen molar-refractivity contribution < 1.29 is 14.3 Å². The molecule has 0 spiro atoms. The predicted octanol–water partition coefficient (Wildman–Crippen LogP) is 3.40. The van der Waals surface area contributed by atoms with Gasteiger partial charge in [-0.1, -0.05) is 29.0 Å². The quantitative estimate of drug-likeness (QED) is 0.736. The normalized spacial score (nSPS) is 13.5. The van der Waals surface area contributed by atoms with E-state index in [1.165, 1.54) is 4.90 Å². The van der Waals surface area contributed by atoms with Crippen molar-refractivity contribution in [2.45, 2.75) is 20.8 Å². The first kappa shape index (κ1) is 18.7. The van der Waals surface area contributed by atoms with Gasteiger partial charge < -0.3 is 10.1 Å². The van der Waals surface area contributed by atoms with Crippen molar-refractivity contribution in [1.82, 2.24) is 15.0 Å². The first-order valence-corrected chi connectivity index (χ1v) is 9.29. The highest BCUT2D eigenvalue weighted by atomic mass is 16.6. The summed E-state index contributed by atoms with van der Waals surface area (Å²) in [7, 11) is 0. The van der Waals surface area contributed by atoms with E-state index in [-0.39, 0.29) is 17.7 Å². The Morgan fingerprint density at radius 1 is 1.07 bits per heavy atom. The van der Waals surface area contributed by atoms with E-state index < -0.39 is 0 Å². The van der Waals surface area contributed by atoms with Gasteiger partial charge in [0.25, 0.3) is 5.91 Å². The molecule has 0 unspecified atom stereocenters. The van der Waals surface area contributed by atoms with E-state index in [0.717, 1.165) is 16.8 Å². The molecule has 0 saturated carbocycles. The molecule has 8 heteroatoms. The minimum Gasteiger partial charge on any atom is -0.447 e. The third kappa shape index (κ3) is 3.56. The van der Waals surface area contributed by atoms with Crippen molar-refractivity contribution in [3.05, 3.63) is 65.0 Å². The van der Waals surface area contributed by atoms with E-state index in [4.69, 9.17) is 4.74 Å². The van der Waals surface area contributed by atoms with Gasteiger partial charge in [-0.15, -0.1) is 5.10 Å². The van der Waals surface area contributed by atoms with E-state index in [9.17, 15) is 9.59 Å². The number of amides is 2. The highest BCUT2D eigenvalue weighted by Gasteiger charge is 2.24. The molecule has 2 heterocycles. The molecule has 1 aromatic heterocycles. The number of carbonyl (C=O) groups excluding carboxylic acids is 2. The largest absolute Gasteiger partial charge is 0.447 e. The van der Waals surface area contributed by atoms with Crippen LogP contribution in [0.25, 0.3) is 5.69 Å². The molecule has 8 nitrogen and oxygen atoms in total. The van der Waals surface area contributed by atoms with Crippen LogP contribution in [0.3, 0.4) is 0 Å². The van der Waals surface area contributed by atoms with E-state index in [1.807, 2.05) is 50.2 Å². The number of nitrogens with one attached hydrogen (secondary N) is 1. The lowest BCUT2D eigenvalue weighted by Gasteiger charge is -2.15. The number of ether oxygens (including phenoxy) is 1. The van der Waals surface area contributed by atoms with Crippen molar-refractivity contribution in [3.8, 4) is 5.69 Å². The standard InChI is InChI=1S/C21H21N5O3/c1-13-4-7-16(8-5-13)26-15(3)19(23-24-26)20(27)22-18-12-17(9-6-14(18)2)25-10-11-29-21(25)28/h4-9,12H,10-11H2,1-3H3,(H,22,27). The highest BCUT2D eigenvalue weighted by molar-refractivity contribution is 6.04. The zero-order valence-corrected chi connectivity index (χ0v) is 16.5. The topological polar surface area (TPSA) is 89.3 Å². The van der Waals surface area contributed by atoms with Crippen LogP contribution in [0.4, 0.5) is 16.2 Å². The van der Waals surface area contributed by atoms with Crippen LogP contribution in [0, 0.1) is 20.8 Å². The Kier molecular flexibility index (Phi) is 4.75. The van der Waals surface area contributed by atoms with Gasteiger partial charge in [0.1, 0.15) is 6.61 Å². The number of anilines is 2. The fourth-order valence-corrected chi connectivity index (χ4v) is 3.19. The zero-order chi connectivity index (χ0) is 20.5. The number of benzene rings is 2.